The molecule has 1 aromatic heterocycles. The minimum atomic E-state index is -0.201. The number of ether oxygens (including phenoxy) is 1. The quantitative estimate of drug-likeness (QED) is 0.682. The molecule has 0 fully saturated rings. The van der Waals surface area contributed by atoms with Gasteiger partial charge in [0.1, 0.15) is 17.5 Å². The fraction of sp³-hybridized carbons (Fsp3) is 0.667. The van der Waals surface area contributed by atoms with Crippen molar-refractivity contribution >= 4 is 17.6 Å². The van der Waals surface area contributed by atoms with Gasteiger partial charge >= 0.3 is 5.97 Å². The minimum absolute atomic E-state index is 0.201. The number of hydrogen-bond acceptors (Lipinski definition) is 6. The molecule has 6 nitrogen and oxygen atoms in total. The molecule has 0 bridgehead atoms. The van der Waals surface area contributed by atoms with Gasteiger partial charge in [0, 0.05) is 25.1 Å². The first kappa shape index (κ1) is 17.2. The van der Waals surface area contributed by atoms with Crippen LogP contribution in [0.5, 0.6) is 0 Å². The van der Waals surface area contributed by atoms with E-state index in [2.05, 4.69) is 41.4 Å². The van der Waals surface area contributed by atoms with Crippen molar-refractivity contribution in [3.05, 3.63) is 11.9 Å². The molecular formula is C15H26N4O2. The Morgan fingerprint density at radius 3 is 2.33 bits per heavy atom. The van der Waals surface area contributed by atoms with Crippen LogP contribution >= 0.6 is 0 Å². The molecule has 0 saturated heterocycles. The van der Waals surface area contributed by atoms with Crippen molar-refractivity contribution < 1.29 is 9.53 Å². The summed E-state index contributed by atoms with van der Waals surface area (Å²) in [5.74, 6) is 2.38. The average Bonchev–Trinajstić information content (AvgIpc) is 2.45. The van der Waals surface area contributed by atoms with Gasteiger partial charge in [-0.25, -0.2) is 9.97 Å². The summed E-state index contributed by atoms with van der Waals surface area (Å²) < 4.78 is 4.89. The standard InChI is InChI=1S/C15H26N4O2/c1-5-8-16-12-10-13(19-15(18-12)11(3)4)17-9-7-14(20)21-6-2/h10-11H,5-9H2,1-4H3,(H2,16,17,18,19). The van der Waals surface area contributed by atoms with E-state index < -0.39 is 0 Å². The van der Waals surface area contributed by atoms with Gasteiger partial charge in [-0.15, -0.1) is 0 Å². The van der Waals surface area contributed by atoms with E-state index in [9.17, 15) is 4.79 Å². The molecule has 21 heavy (non-hydrogen) atoms. The summed E-state index contributed by atoms with van der Waals surface area (Å²) in [6.07, 6.45) is 1.36. The lowest BCUT2D eigenvalue weighted by Gasteiger charge is -2.12. The van der Waals surface area contributed by atoms with Crippen LogP contribution in [0.4, 0.5) is 11.6 Å². The first-order valence-corrected chi connectivity index (χ1v) is 7.59. The highest BCUT2D eigenvalue weighted by Crippen LogP contribution is 2.17. The number of aromatic nitrogens is 2. The zero-order valence-electron chi connectivity index (χ0n) is 13.4. The fourth-order valence-electron chi connectivity index (χ4n) is 1.68. The molecule has 0 aliphatic carbocycles. The molecular weight excluding hydrogens is 268 g/mol. The maximum atomic E-state index is 11.3. The summed E-state index contributed by atoms with van der Waals surface area (Å²) in [4.78, 5) is 20.3. The lowest BCUT2D eigenvalue weighted by Crippen LogP contribution is -2.14. The second-order valence-electron chi connectivity index (χ2n) is 5.06. The molecule has 1 aromatic rings. The lowest BCUT2D eigenvalue weighted by molar-refractivity contribution is -0.142. The second-order valence-corrected chi connectivity index (χ2v) is 5.06. The zero-order valence-corrected chi connectivity index (χ0v) is 13.4. The summed E-state index contributed by atoms with van der Waals surface area (Å²) in [5.41, 5.74) is 0. The van der Waals surface area contributed by atoms with Crippen molar-refractivity contribution in [1.82, 2.24) is 9.97 Å². The predicted molar refractivity (Wildman–Crippen MR) is 84.6 cm³/mol. The van der Waals surface area contributed by atoms with E-state index in [1.165, 1.54) is 0 Å². The van der Waals surface area contributed by atoms with Crippen LogP contribution in [0.1, 0.15) is 52.3 Å². The topological polar surface area (TPSA) is 76.1 Å². The van der Waals surface area contributed by atoms with Crippen molar-refractivity contribution in [1.29, 1.82) is 0 Å². The first-order chi connectivity index (χ1) is 10.1. The lowest BCUT2D eigenvalue weighted by atomic mass is 10.2. The number of hydrogen-bond donors (Lipinski definition) is 2. The van der Waals surface area contributed by atoms with Gasteiger partial charge < -0.3 is 15.4 Å². The van der Waals surface area contributed by atoms with E-state index in [0.717, 1.165) is 30.4 Å². The number of nitrogens with one attached hydrogen (secondary N) is 2. The number of carbonyl (C=O) groups excluding carboxylic acids is 1. The van der Waals surface area contributed by atoms with Crippen molar-refractivity contribution in [2.75, 3.05) is 30.3 Å². The SMILES string of the molecule is CCCNc1cc(NCCC(=O)OCC)nc(C(C)C)n1. The Kier molecular flexibility index (Phi) is 7.50. The Hall–Kier alpha value is -1.85. The Balaban J connectivity index is 2.66. The second kappa shape index (κ2) is 9.15. The molecule has 1 rings (SSSR count). The van der Waals surface area contributed by atoms with Crippen LogP contribution in [-0.2, 0) is 9.53 Å². The van der Waals surface area contributed by atoms with Gasteiger partial charge in [-0.3, -0.25) is 4.79 Å². The van der Waals surface area contributed by atoms with Crippen LogP contribution < -0.4 is 10.6 Å². The Labute approximate surface area is 126 Å². The summed E-state index contributed by atoms with van der Waals surface area (Å²) in [6, 6.07) is 1.87. The highest BCUT2D eigenvalue weighted by Gasteiger charge is 2.08. The number of anilines is 2. The summed E-state index contributed by atoms with van der Waals surface area (Å²) in [7, 11) is 0. The van der Waals surface area contributed by atoms with Crippen LogP contribution in [0.3, 0.4) is 0 Å². The van der Waals surface area contributed by atoms with Gasteiger partial charge in [0.15, 0.2) is 0 Å². The zero-order chi connectivity index (χ0) is 15.7. The van der Waals surface area contributed by atoms with Crippen molar-refractivity contribution in [3.8, 4) is 0 Å². The molecule has 6 heteroatoms. The molecule has 1 heterocycles. The van der Waals surface area contributed by atoms with Crippen molar-refractivity contribution in [2.45, 2.75) is 46.5 Å². The first-order valence-electron chi connectivity index (χ1n) is 7.59. The molecule has 0 amide bonds. The third-order valence-electron chi connectivity index (χ3n) is 2.76. The van der Waals surface area contributed by atoms with E-state index in [1.807, 2.05) is 6.07 Å². The molecule has 0 saturated carbocycles. The predicted octanol–water partition coefficient (Wildman–Crippen LogP) is 2.79. The highest BCUT2D eigenvalue weighted by molar-refractivity contribution is 5.70. The Morgan fingerprint density at radius 2 is 1.81 bits per heavy atom. The van der Waals surface area contributed by atoms with E-state index in [1.54, 1.807) is 6.92 Å². The van der Waals surface area contributed by atoms with E-state index in [-0.39, 0.29) is 11.9 Å². The molecule has 0 spiro atoms. The van der Waals surface area contributed by atoms with E-state index in [4.69, 9.17) is 4.74 Å². The molecule has 0 aliphatic rings. The van der Waals surface area contributed by atoms with Crippen LogP contribution in [0.15, 0.2) is 6.07 Å². The molecule has 0 aliphatic heterocycles. The smallest absolute Gasteiger partial charge is 0.307 e. The molecule has 0 unspecified atom stereocenters. The number of nitrogens with zero attached hydrogens (tertiary/aromatic N) is 2. The normalized spacial score (nSPS) is 10.5. The molecule has 2 N–H and O–H groups in total. The van der Waals surface area contributed by atoms with Gasteiger partial charge in [0.05, 0.1) is 13.0 Å². The van der Waals surface area contributed by atoms with Gasteiger partial charge in [0.25, 0.3) is 0 Å². The van der Waals surface area contributed by atoms with Crippen molar-refractivity contribution in [2.24, 2.45) is 0 Å². The molecule has 0 aromatic carbocycles. The monoisotopic (exact) mass is 294 g/mol. The average molecular weight is 294 g/mol. The van der Waals surface area contributed by atoms with Gasteiger partial charge in [-0.2, -0.15) is 0 Å². The summed E-state index contributed by atoms with van der Waals surface area (Å²) >= 11 is 0. The number of esters is 1. The third kappa shape index (κ3) is 6.42. The number of carbonyl (C=O) groups is 1. The van der Waals surface area contributed by atoms with Crippen molar-refractivity contribution in [3.63, 3.8) is 0 Å². The van der Waals surface area contributed by atoms with E-state index >= 15 is 0 Å². The number of rotatable bonds is 9. The Bertz CT molecular complexity index is 449. The third-order valence-corrected chi connectivity index (χ3v) is 2.76. The van der Waals surface area contributed by atoms with Crippen LogP contribution in [0.2, 0.25) is 0 Å². The molecule has 0 atom stereocenters. The molecule has 0 radical (unpaired) electrons. The Morgan fingerprint density at radius 1 is 1.19 bits per heavy atom. The van der Waals surface area contributed by atoms with Gasteiger partial charge in [0.2, 0.25) is 0 Å². The minimum Gasteiger partial charge on any atom is -0.466 e. The largest absolute Gasteiger partial charge is 0.466 e. The fourth-order valence-corrected chi connectivity index (χ4v) is 1.68. The van der Waals surface area contributed by atoms with Gasteiger partial charge in [-0.1, -0.05) is 20.8 Å². The van der Waals surface area contributed by atoms with Gasteiger partial charge in [-0.05, 0) is 13.3 Å². The highest BCUT2D eigenvalue weighted by atomic mass is 16.5. The maximum absolute atomic E-state index is 11.3. The van der Waals surface area contributed by atoms with Crippen LogP contribution in [0.25, 0.3) is 0 Å². The van der Waals surface area contributed by atoms with Crippen LogP contribution in [-0.4, -0.2) is 35.6 Å². The van der Waals surface area contributed by atoms with E-state index in [0.29, 0.717) is 19.6 Å². The molecule has 118 valence electrons. The summed E-state index contributed by atoms with van der Waals surface area (Å²) in [6.45, 7) is 9.81. The summed E-state index contributed by atoms with van der Waals surface area (Å²) in [5, 5.41) is 6.42. The maximum Gasteiger partial charge on any atom is 0.307 e. The van der Waals surface area contributed by atoms with Crippen LogP contribution in [0, 0.1) is 0 Å².